The fraction of sp³-hybridized carbons (Fsp3) is 0.111. The monoisotopic (exact) mass is 381 g/mol. The molecule has 2 heterocycles. The van der Waals surface area contributed by atoms with E-state index in [0.717, 1.165) is 6.21 Å². The fourth-order valence-corrected chi connectivity index (χ4v) is 2.54. The van der Waals surface area contributed by atoms with Gasteiger partial charge in [-0.05, 0) is 18.2 Å². The Kier molecular flexibility index (Phi) is 5.40. The normalized spacial score (nSPS) is 11.5. The maximum atomic E-state index is 12.2. The summed E-state index contributed by atoms with van der Waals surface area (Å²) < 4.78 is 5.96. The molecular formula is C18H15N5O5. The summed E-state index contributed by atoms with van der Waals surface area (Å²) >= 11 is 0. The molecule has 0 atom stereocenters. The van der Waals surface area contributed by atoms with E-state index in [1.165, 1.54) is 30.0 Å². The van der Waals surface area contributed by atoms with Crippen LogP contribution in [0.5, 0.6) is 5.88 Å². The van der Waals surface area contributed by atoms with Gasteiger partial charge in [0.05, 0.1) is 30.1 Å². The molecule has 3 aromatic rings. The number of carbonyl (C=O) groups is 2. The first-order valence-electron chi connectivity index (χ1n) is 8.01. The SMILES string of the molecule is COC(=O)Cn1c(O)c(N=NC(=O)c2ccc(/C=N\O)nc2)c2ccccc21. The molecule has 10 heteroatoms. The molecule has 0 bridgehead atoms. The molecule has 0 aliphatic heterocycles. The van der Waals surface area contributed by atoms with E-state index in [9.17, 15) is 14.7 Å². The van der Waals surface area contributed by atoms with Crippen molar-refractivity contribution in [3.63, 3.8) is 0 Å². The van der Waals surface area contributed by atoms with Crippen molar-refractivity contribution in [3.8, 4) is 5.88 Å². The van der Waals surface area contributed by atoms with Crippen molar-refractivity contribution in [2.45, 2.75) is 6.54 Å². The molecule has 3 rings (SSSR count). The number of pyridine rings is 1. The molecule has 1 aromatic carbocycles. The zero-order chi connectivity index (χ0) is 20.1. The molecule has 0 radical (unpaired) electrons. The van der Waals surface area contributed by atoms with E-state index in [1.807, 2.05) is 0 Å². The Morgan fingerprint density at radius 2 is 2.04 bits per heavy atom. The average Bonchev–Trinajstić information content (AvgIpc) is 2.98. The minimum Gasteiger partial charge on any atom is -0.493 e. The van der Waals surface area contributed by atoms with Gasteiger partial charge in [-0.25, -0.2) is 0 Å². The van der Waals surface area contributed by atoms with Crippen LogP contribution in [0, 0.1) is 0 Å². The lowest BCUT2D eigenvalue weighted by atomic mass is 10.2. The Bertz CT molecular complexity index is 1090. The third-order valence-corrected chi connectivity index (χ3v) is 3.90. The van der Waals surface area contributed by atoms with Crippen molar-refractivity contribution in [1.29, 1.82) is 0 Å². The number of benzene rings is 1. The number of carbonyl (C=O) groups excluding carboxylic acids is 2. The van der Waals surface area contributed by atoms with Gasteiger partial charge >= 0.3 is 5.97 Å². The minimum atomic E-state index is -0.677. The number of azo groups is 1. The highest BCUT2D eigenvalue weighted by molar-refractivity contribution is 5.97. The number of esters is 1. The molecule has 0 unspecified atom stereocenters. The zero-order valence-electron chi connectivity index (χ0n) is 14.7. The van der Waals surface area contributed by atoms with E-state index < -0.39 is 11.9 Å². The number of hydrogen-bond acceptors (Lipinski definition) is 8. The summed E-state index contributed by atoms with van der Waals surface area (Å²) in [7, 11) is 1.25. The topological polar surface area (TPSA) is 139 Å². The van der Waals surface area contributed by atoms with Crippen LogP contribution in [0.1, 0.15) is 16.1 Å². The van der Waals surface area contributed by atoms with Gasteiger partial charge in [0, 0.05) is 11.6 Å². The van der Waals surface area contributed by atoms with Crippen LogP contribution in [0.4, 0.5) is 5.69 Å². The molecule has 10 nitrogen and oxygen atoms in total. The van der Waals surface area contributed by atoms with Crippen LogP contribution in [0.3, 0.4) is 0 Å². The largest absolute Gasteiger partial charge is 0.493 e. The van der Waals surface area contributed by atoms with E-state index >= 15 is 0 Å². The van der Waals surface area contributed by atoms with Crippen LogP contribution in [0.25, 0.3) is 10.9 Å². The summed E-state index contributed by atoms with van der Waals surface area (Å²) in [5, 5.41) is 29.8. The second kappa shape index (κ2) is 8.08. The molecule has 0 saturated carbocycles. The summed E-state index contributed by atoms with van der Waals surface area (Å²) in [4.78, 5) is 27.8. The van der Waals surface area contributed by atoms with Gasteiger partial charge in [0.25, 0.3) is 5.91 Å². The number of amides is 1. The maximum absolute atomic E-state index is 12.2. The molecule has 2 aromatic heterocycles. The molecule has 28 heavy (non-hydrogen) atoms. The van der Waals surface area contributed by atoms with Crippen LogP contribution in [-0.4, -0.2) is 45.1 Å². The molecular weight excluding hydrogens is 366 g/mol. The molecule has 0 aliphatic carbocycles. The molecule has 142 valence electrons. The van der Waals surface area contributed by atoms with Gasteiger partial charge in [0.1, 0.15) is 6.54 Å². The van der Waals surface area contributed by atoms with E-state index in [2.05, 4.69) is 25.1 Å². The molecule has 0 spiro atoms. The number of fused-ring (bicyclic) bond motifs is 1. The van der Waals surface area contributed by atoms with Crippen molar-refractivity contribution < 1.29 is 24.6 Å². The lowest BCUT2D eigenvalue weighted by Gasteiger charge is -2.04. The van der Waals surface area contributed by atoms with E-state index in [4.69, 9.17) is 5.21 Å². The maximum Gasteiger partial charge on any atom is 0.325 e. The Morgan fingerprint density at radius 1 is 1.25 bits per heavy atom. The number of para-hydroxylation sites is 1. The van der Waals surface area contributed by atoms with Crippen molar-refractivity contribution >= 4 is 34.7 Å². The number of rotatable bonds is 5. The molecule has 0 fully saturated rings. The van der Waals surface area contributed by atoms with Gasteiger partial charge in [-0.15, -0.1) is 10.2 Å². The standard InChI is InChI=1S/C18H15N5O5/c1-28-15(24)10-23-14-5-3-2-4-13(14)16(18(23)26)21-22-17(25)11-6-7-12(9-20-27)19-8-11/h2-9,26-27H,10H2,1H3/b20-9-,22-21?. The van der Waals surface area contributed by atoms with E-state index in [-0.39, 0.29) is 23.7 Å². The Hall–Kier alpha value is -4.08. The number of oxime groups is 1. The molecule has 0 saturated heterocycles. The van der Waals surface area contributed by atoms with Crippen LogP contribution in [0.2, 0.25) is 0 Å². The van der Waals surface area contributed by atoms with Crippen LogP contribution in [0.15, 0.2) is 58.0 Å². The summed E-state index contributed by atoms with van der Waals surface area (Å²) in [6.07, 6.45) is 2.38. The van der Waals surface area contributed by atoms with Gasteiger partial charge in [-0.2, -0.15) is 0 Å². The zero-order valence-corrected chi connectivity index (χ0v) is 14.7. The number of nitrogens with zero attached hydrogens (tertiary/aromatic N) is 5. The van der Waals surface area contributed by atoms with Gasteiger partial charge in [-0.3, -0.25) is 19.1 Å². The summed E-state index contributed by atoms with van der Waals surface area (Å²) in [5.41, 5.74) is 1.13. The Morgan fingerprint density at radius 3 is 2.71 bits per heavy atom. The molecule has 1 amide bonds. The number of ether oxygens (including phenoxy) is 1. The number of hydrogen-bond donors (Lipinski definition) is 2. The summed E-state index contributed by atoms with van der Waals surface area (Å²) in [6.45, 7) is -0.218. The second-order valence-electron chi connectivity index (χ2n) is 5.57. The van der Waals surface area contributed by atoms with Gasteiger partial charge in [0.15, 0.2) is 5.69 Å². The van der Waals surface area contributed by atoms with Crippen molar-refractivity contribution in [1.82, 2.24) is 9.55 Å². The summed E-state index contributed by atoms with van der Waals surface area (Å²) in [5.74, 6) is -1.53. The first-order valence-corrected chi connectivity index (χ1v) is 8.01. The Labute approximate surface area is 158 Å². The van der Waals surface area contributed by atoms with Gasteiger partial charge < -0.3 is 15.1 Å². The predicted octanol–water partition coefficient (Wildman–Crippen LogP) is 2.65. The lowest BCUT2D eigenvalue weighted by Crippen LogP contribution is -2.10. The third-order valence-electron chi connectivity index (χ3n) is 3.90. The predicted molar refractivity (Wildman–Crippen MR) is 98.1 cm³/mol. The number of aromatic hydroxyl groups is 1. The van der Waals surface area contributed by atoms with E-state index in [1.54, 1.807) is 24.3 Å². The van der Waals surface area contributed by atoms with Crippen LogP contribution < -0.4 is 0 Å². The fourth-order valence-electron chi connectivity index (χ4n) is 2.54. The Balaban J connectivity index is 1.94. The smallest absolute Gasteiger partial charge is 0.325 e. The quantitative estimate of drug-likeness (QED) is 0.229. The van der Waals surface area contributed by atoms with Crippen molar-refractivity contribution in [2.75, 3.05) is 7.11 Å². The highest BCUT2D eigenvalue weighted by atomic mass is 16.5. The van der Waals surface area contributed by atoms with Crippen molar-refractivity contribution in [3.05, 3.63) is 53.9 Å². The van der Waals surface area contributed by atoms with Crippen LogP contribution in [-0.2, 0) is 16.1 Å². The highest BCUT2D eigenvalue weighted by Gasteiger charge is 2.19. The summed E-state index contributed by atoms with van der Waals surface area (Å²) in [6, 6.07) is 9.78. The first kappa shape index (κ1) is 18.7. The number of aromatic nitrogens is 2. The third kappa shape index (κ3) is 3.70. The minimum absolute atomic E-state index is 0.0600. The molecule has 0 aliphatic rings. The number of methoxy groups -OCH3 is 1. The lowest BCUT2D eigenvalue weighted by molar-refractivity contribution is -0.141. The first-order chi connectivity index (χ1) is 13.5. The van der Waals surface area contributed by atoms with E-state index in [0.29, 0.717) is 16.6 Å². The molecule has 2 N–H and O–H groups in total. The van der Waals surface area contributed by atoms with Crippen LogP contribution >= 0.6 is 0 Å². The highest BCUT2D eigenvalue weighted by Crippen LogP contribution is 2.38. The second-order valence-corrected chi connectivity index (χ2v) is 5.57. The average molecular weight is 381 g/mol. The van der Waals surface area contributed by atoms with Crippen molar-refractivity contribution in [2.24, 2.45) is 15.4 Å². The van der Waals surface area contributed by atoms with Gasteiger partial charge in [0.2, 0.25) is 5.88 Å². The van der Waals surface area contributed by atoms with Gasteiger partial charge in [-0.1, -0.05) is 23.4 Å².